The molecule has 1 aromatic rings. The molecule has 0 aromatic heterocycles. The Labute approximate surface area is 139 Å². The van der Waals surface area contributed by atoms with Gasteiger partial charge in [0.05, 0.1) is 0 Å². The molecule has 0 bridgehead atoms. The van der Waals surface area contributed by atoms with E-state index in [-0.39, 0.29) is 6.09 Å². The number of aryl methyl sites for hydroxylation is 1. The van der Waals surface area contributed by atoms with Crippen molar-refractivity contribution in [1.29, 1.82) is 0 Å². The molecule has 0 saturated carbocycles. The first-order chi connectivity index (χ1) is 10.8. The molecule has 1 amide bonds. The van der Waals surface area contributed by atoms with E-state index in [1.165, 1.54) is 16.8 Å². The minimum atomic E-state index is -0.440. The largest absolute Gasteiger partial charge is 0.444 e. The average molecular weight is 319 g/mol. The molecule has 5 heteroatoms. The minimum absolute atomic E-state index is 0.216. The fourth-order valence-corrected chi connectivity index (χ4v) is 2.79. The highest BCUT2D eigenvalue weighted by atomic mass is 16.6. The number of piperazine rings is 1. The number of nitrogens with two attached hydrogens (primary N) is 1. The first-order valence-electron chi connectivity index (χ1n) is 8.32. The Morgan fingerprint density at radius 1 is 1.22 bits per heavy atom. The molecule has 1 aliphatic rings. The van der Waals surface area contributed by atoms with Gasteiger partial charge in [-0.1, -0.05) is 6.07 Å². The van der Waals surface area contributed by atoms with Crippen molar-refractivity contribution in [3.63, 3.8) is 0 Å². The fourth-order valence-electron chi connectivity index (χ4n) is 2.79. The highest BCUT2D eigenvalue weighted by Crippen LogP contribution is 2.21. The number of nitrogens with zero attached hydrogens (tertiary/aromatic N) is 2. The molecule has 1 aliphatic heterocycles. The summed E-state index contributed by atoms with van der Waals surface area (Å²) in [5, 5.41) is 0. The van der Waals surface area contributed by atoms with Crippen LogP contribution in [-0.4, -0.2) is 49.3 Å². The quantitative estimate of drug-likeness (QED) is 0.930. The minimum Gasteiger partial charge on any atom is -0.444 e. The van der Waals surface area contributed by atoms with Crippen molar-refractivity contribution >= 4 is 11.8 Å². The summed E-state index contributed by atoms with van der Waals surface area (Å²) in [6.45, 7) is 11.5. The van der Waals surface area contributed by atoms with E-state index >= 15 is 0 Å². The molecule has 1 heterocycles. The van der Waals surface area contributed by atoms with Crippen molar-refractivity contribution in [1.82, 2.24) is 4.90 Å². The van der Waals surface area contributed by atoms with Crippen molar-refractivity contribution in [3.05, 3.63) is 29.3 Å². The summed E-state index contributed by atoms with van der Waals surface area (Å²) in [5.74, 6) is 0. The molecule has 0 unspecified atom stereocenters. The van der Waals surface area contributed by atoms with Crippen molar-refractivity contribution in [2.45, 2.75) is 39.7 Å². The molecule has 23 heavy (non-hydrogen) atoms. The zero-order valence-electron chi connectivity index (χ0n) is 14.8. The van der Waals surface area contributed by atoms with Gasteiger partial charge in [0.25, 0.3) is 0 Å². The molecule has 0 radical (unpaired) electrons. The average Bonchev–Trinajstić information content (AvgIpc) is 2.48. The maximum absolute atomic E-state index is 12.1. The van der Waals surface area contributed by atoms with Gasteiger partial charge in [-0.25, -0.2) is 4.79 Å². The van der Waals surface area contributed by atoms with E-state index in [0.717, 1.165) is 19.5 Å². The molecule has 128 valence electrons. The van der Waals surface area contributed by atoms with Crippen molar-refractivity contribution < 1.29 is 9.53 Å². The third kappa shape index (κ3) is 4.86. The molecule has 1 saturated heterocycles. The van der Waals surface area contributed by atoms with Crippen LogP contribution in [0.3, 0.4) is 0 Å². The molecule has 5 nitrogen and oxygen atoms in total. The van der Waals surface area contributed by atoms with Gasteiger partial charge in [0.2, 0.25) is 0 Å². The van der Waals surface area contributed by atoms with E-state index < -0.39 is 5.60 Å². The van der Waals surface area contributed by atoms with Crippen LogP contribution in [0.4, 0.5) is 10.5 Å². The van der Waals surface area contributed by atoms with Gasteiger partial charge in [-0.2, -0.15) is 0 Å². The van der Waals surface area contributed by atoms with E-state index in [0.29, 0.717) is 19.6 Å². The number of anilines is 1. The topological polar surface area (TPSA) is 58.8 Å². The van der Waals surface area contributed by atoms with E-state index in [1.807, 2.05) is 20.8 Å². The van der Waals surface area contributed by atoms with E-state index in [9.17, 15) is 4.79 Å². The number of ether oxygens (including phenoxy) is 1. The highest BCUT2D eigenvalue weighted by molar-refractivity contribution is 5.68. The molecule has 1 fully saturated rings. The van der Waals surface area contributed by atoms with E-state index in [4.69, 9.17) is 10.5 Å². The monoisotopic (exact) mass is 319 g/mol. The number of benzene rings is 1. The number of carbonyl (C=O) groups excluding carboxylic acids is 1. The van der Waals surface area contributed by atoms with Gasteiger partial charge in [0, 0.05) is 31.9 Å². The summed E-state index contributed by atoms with van der Waals surface area (Å²) in [4.78, 5) is 16.2. The molecule has 0 aliphatic carbocycles. The van der Waals surface area contributed by atoms with Gasteiger partial charge < -0.3 is 20.3 Å². The Morgan fingerprint density at radius 2 is 1.87 bits per heavy atom. The molecule has 2 N–H and O–H groups in total. The van der Waals surface area contributed by atoms with Crippen LogP contribution >= 0.6 is 0 Å². The molecule has 0 atom stereocenters. The first kappa shape index (κ1) is 17.6. The second kappa shape index (κ2) is 7.21. The van der Waals surface area contributed by atoms with Crippen molar-refractivity contribution in [2.75, 3.05) is 37.6 Å². The number of carbonyl (C=O) groups is 1. The Bertz CT molecular complexity index is 544. The zero-order valence-corrected chi connectivity index (χ0v) is 14.8. The van der Waals surface area contributed by atoms with Gasteiger partial charge in [-0.05, 0) is 63.9 Å². The standard InChI is InChI=1S/C18H29N3O2/c1-14-13-16(6-5-15(14)7-8-19)20-9-11-21(12-10-20)17(22)23-18(2,3)4/h5-6,13H,7-12,19H2,1-4H3. The van der Waals surface area contributed by atoms with Crippen molar-refractivity contribution in [3.8, 4) is 0 Å². The molecule has 1 aromatic carbocycles. The van der Waals surface area contributed by atoms with Gasteiger partial charge in [-0.15, -0.1) is 0 Å². The van der Waals surface area contributed by atoms with Crippen LogP contribution in [0.2, 0.25) is 0 Å². The van der Waals surface area contributed by atoms with Crippen LogP contribution in [-0.2, 0) is 11.2 Å². The Morgan fingerprint density at radius 3 is 2.39 bits per heavy atom. The van der Waals surface area contributed by atoms with Gasteiger partial charge >= 0.3 is 6.09 Å². The smallest absolute Gasteiger partial charge is 0.410 e. The summed E-state index contributed by atoms with van der Waals surface area (Å²) in [5.41, 5.74) is 9.00. The summed E-state index contributed by atoms with van der Waals surface area (Å²) < 4.78 is 5.44. The van der Waals surface area contributed by atoms with Crippen LogP contribution < -0.4 is 10.6 Å². The summed E-state index contributed by atoms with van der Waals surface area (Å²) >= 11 is 0. The number of hydrogen-bond acceptors (Lipinski definition) is 4. The molecule has 2 rings (SSSR count). The SMILES string of the molecule is Cc1cc(N2CCN(C(=O)OC(C)(C)C)CC2)ccc1CCN. The predicted octanol–water partition coefficient (Wildman–Crippen LogP) is 2.55. The summed E-state index contributed by atoms with van der Waals surface area (Å²) in [6, 6.07) is 6.53. The maximum atomic E-state index is 12.1. The number of hydrogen-bond donors (Lipinski definition) is 1. The molecule has 0 spiro atoms. The summed E-state index contributed by atoms with van der Waals surface area (Å²) in [7, 11) is 0. The fraction of sp³-hybridized carbons (Fsp3) is 0.611. The predicted molar refractivity (Wildman–Crippen MR) is 94.0 cm³/mol. The van der Waals surface area contributed by atoms with Crippen LogP contribution in [0, 0.1) is 6.92 Å². The lowest BCUT2D eigenvalue weighted by atomic mass is 10.0. The lowest BCUT2D eigenvalue weighted by Gasteiger charge is -2.37. The third-order valence-corrected chi connectivity index (χ3v) is 4.04. The van der Waals surface area contributed by atoms with Crippen LogP contribution in [0.5, 0.6) is 0 Å². The summed E-state index contributed by atoms with van der Waals surface area (Å²) in [6.07, 6.45) is 0.699. The number of amides is 1. The van der Waals surface area contributed by atoms with Gasteiger partial charge in [0.1, 0.15) is 5.60 Å². The van der Waals surface area contributed by atoms with Crippen molar-refractivity contribution in [2.24, 2.45) is 5.73 Å². The highest BCUT2D eigenvalue weighted by Gasteiger charge is 2.26. The van der Waals surface area contributed by atoms with Crippen LogP contribution in [0.25, 0.3) is 0 Å². The second-order valence-corrected chi connectivity index (χ2v) is 7.10. The molecular formula is C18H29N3O2. The van der Waals surface area contributed by atoms with Gasteiger partial charge in [0.15, 0.2) is 0 Å². The maximum Gasteiger partial charge on any atom is 0.410 e. The molecular weight excluding hydrogens is 290 g/mol. The lowest BCUT2D eigenvalue weighted by molar-refractivity contribution is 0.0240. The Balaban J connectivity index is 1.94. The first-order valence-corrected chi connectivity index (χ1v) is 8.32. The zero-order chi connectivity index (χ0) is 17.0. The van der Waals surface area contributed by atoms with E-state index in [1.54, 1.807) is 4.90 Å². The Kier molecular flexibility index (Phi) is 5.52. The van der Waals surface area contributed by atoms with Gasteiger partial charge in [-0.3, -0.25) is 0 Å². The Hall–Kier alpha value is -1.75. The van der Waals surface area contributed by atoms with Crippen LogP contribution in [0.1, 0.15) is 31.9 Å². The lowest BCUT2D eigenvalue weighted by Crippen LogP contribution is -2.50. The van der Waals surface area contributed by atoms with Crippen LogP contribution in [0.15, 0.2) is 18.2 Å². The number of rotatable bonds is 3. The third-order valence-electron chi connectivity index (χ3n) is 4.04. The normalized spacial score (nSPS) is 15.7. The second-order valence-electron chi connectivity index (χ2n) is 7.10. The van der Waals surface area contributed by atoms with E-state index in [2.05, 4.69) is 30.0 Å².